The number of fused-ring (bicyclic) bond motifs is 1. The molecule has 0 aromatic heterocycles. The van der Waals surface area contributed by atoms with Crippen LogP contribution in [0.1, 0.15) is 41.7 Å². The number of hydrogen-bond donors (Lipinski definition) is 2. The summed E-state index contributed by atoms with van der Waals surface area (Å²) in [6, 6.07) is 4.89. The van der Waals surface area contributed by atoms with Gasteiger partial charge >= 0.3 is 0 Å². The van der Waals surface area contributed by atoms with Gasteiger partial charge in [0.25, 0.3) is 10.0 Å². The van der Waals surface area contributed by atoms with Crippen LogP contribution >= 0.6 is 0 Å². The SMILES string of the molecule is Cc1c(C)c(C)c(S(=O)(=O)Nc2ccc3c(c2)NC(=O)C(C)(C)CO3)c(C)c1C. The molecule has 0 saturated carbocycles. The third kappa shape index (κ3) is 3.71. The van der Waals surface area contributed by atoms with Crippen LogP contribution in [0, 0.1) is 40.0 Å². The van der Waals surface area contributed by atoms with Gasteiger partial charge in [0.1, 0.15) is 12.4 Å². The maximum Gasteiger partial charge on any atom is 0.262 e. The topological polar surface area (TPSA) is 84.5 Å². The number of amides is 1. The lowest BCUT2D eigenvalue weighted by Crippen LogP contribution is -2.33. The highest BCUT2D eigenvalue weighted by molar-refractivity contribution is 7.92. The number of benzene rings is 2. The summed E-state index contributed by atoms with van der Waals surface area (Å²) in [5, 5.41) is 2.83. The quantitative estimate of drug-likeness (QED) is 0.777. The molecule has 2 N–H and O–H groups in total. The summed E-state index contributed by atoms with van der Waals surface area (Å²) in [6.07, 6.45) is 0. The minimum atomic E-state index is -3.81. The molecule has 1 amide bonds. The second-order valence-corrected chi connectivity index (χ2v) is 10.0. The Kier molecular flexibility index (Phi) is 5.15. The number of nitrogens with one attached hydrogen (secondary N) is 2. The minimum absolute atomic E-state index is 0.173. The average molecular weight is 417 g/mol. The molecule has 156 valence electrons. The molecule has 0 aliphatic carbocycles. The maximum atomic E-state index is 13.2. The van der Waals surface area contributed by atoms with E-state index in [9.17, 15) is 13.2 Å². The van der Waals surface area contributed by atoms with Gasteiger partial charge in [-0.3, -0.25) is 9.52 Å². The molecule has 7 heteroatoms. The Balaban J connectivity index is 2.01. The van der Waals surface area contributed by atoms with E-state index >= 15 is 0 Å². The van der Waals surface area contributed by atoms with Gasteiger partial charge < -0.3 is 10.1 Å². The molecule has 6 nitrogen and oxygen atoms in total. The minimum Gasteiger partial charge on any atom is -0.490 e. The van der Waals surface area contributed by atoms with Crippen molar-refractivity contribution >= 4 is 27.3 Å². The Bertz CT molecular complexity index is 1090. The fraction of sp³-hybridized carbons (Fsp3) is 0.409. The van der Waals surface area contributed by atoms with Crippen LogP contribution in [0.5, 0.6) is 5.75 Å². The van der Waals surface area contributed by atoms with Gasteiger partial charge in [-0.1, -0.05) is 0 Å². The van der Waals surface area contributed by atoms with Crippen LogP contribution in [0.15, 0.2) is 23.1 Å². The zero-order valence-corrected chi connectivity index (χ0v) is 18.8. The summed E-state index contributed by atoms with van der Waals surface area (Å²) in [5.41, 5.74) is 4.66. The van der Waals surface area contributed by atoms with Gasteiger partial charge in [0.05, 0.1) is 21.7 Å². The van der Waals surface area contributed by atoms with Crippen molar-refractivity contribution in [1.82, 2.24) is 0 Å². The van der Waals surface area contributed by atoms with Crippen molar-refractivity contribution in [2.24, 2.45) is 5.41 Å². The van der Waals surface area contributed by atoms with E-state index in [0.717, 1.165) is 27.8 Å². The van der Waals surface area contributed by atoms with Crippen LogP contribution in [0.25, 0.3) is 0 Å². The van der Waals surface area contributed by atoms with E-state index in [1.54, 1.807) is 32.0 Å². The van der Waals surface area contributed by atoms with Crippen LogP contribution in [0.4, 0.5) is 11.4 Å². The third-order valence-corrected chi connectivity index (χ3v) is 7.54. The fourth-order valence-corrected chi connectivity index (χ4v) is 5.16. The van der Waals surface area contributed by atoms with E-state index in [2.05, 4.69) is 10.0 Å². The van der Waals surface area contributed by atoms with Crippen LogP contribution in [0.2, 0.25) is 0 Å². The molecule has 0 atom stereocenters. The molecule has 0 saturated heterocycles. The summed E-state index contributed by atoms with van der Waals surface area (Å²) < 4.78 is 34.9. The van der Waals surface area contributed by atoms with Crippen molar-refractivity contribution in [2.45, 2.75) is 53.4 Å². The Hall–Kier alpha value is -2.54. The highest BCUT2D eigenvalue weighted by Crippen LogP contribution is 2.36. The maximum absolute atomic E-state index is 13.2. The Morgan fingerprint density at radius 2 is 1.52 bits per heavy atom. The summed E-state index contributed by atoms with van der Waals surface area (Å²) in [7, 11) is -3.81. The summed E-state index contributed by atoms with van der Waals surface area (Å²) in [4.78, 5) is 12.7. The van der Waals surface area contributed by atoms with Crippen LogP contribution in [-0.2, 0) is 14.8 Å². The van der Waals surface area contributed by atoms with E-state index in [0.29, 0.717) is 22.0 Å². The number of sulfonamides is 1. The number of anilines is 2. The first-order valence-electron chi connectivity index (χ1n) is 9.53. The molecule has 2 aromatic rings. The molecular weight excluding hydrogens is 388 g/mol. The number of hydrogen-bond acceptors (Lipinski definition) is 4. The van der Waals surface area contributed by atoms with E-state index in [4.69, 9.17) is 4.74 Å². The van der Waals surface area contributed by atoms with Crippen molar-refractivity contribution in [2.75, 3.05) is 16.6 Å². The first kappa shape index (κ1) is 21.2. The Labute approximate surface area is 172 Å². The van der Waals surface area contributed by atoms with E-state index in [1.165, 1.54) is 0 Å². The third-order valence-electron chi connectivity index (χ3n) is 5.88. The second-order valence-electron chi connectivity index (χ2n) is 8.40. The summed E-state index contributed by atoms with van der Waals surface area (Å²) >= 11 is 0. The zero-order valence-electron chi connectivity index (χ0n) is 18.0. The van der Waals surface area contributed by atoms with Crippen molar-refractivity contribution in [1.29, 1.82) is 0 Å². The average Bonchev–Trinajstić information content (AvgIpc) is 2.74. The highest BCUT2D eigenvalue weighted by atomic mass is 32.2. The van der Waals surface area contributed by atoms with Crippen molar-refractivity contribution in [3.05, 3.63) is 46.0 Å². The van der Waals surface area contributed by atoms with Crippen LogP contribution < -0.4 is 14.8 Å². The van der Waals surface area contributed by atoms with Gasteiger partial charge in [-0.15, -0.1) is 0 Å². The number of ether oxygens (including phenoxy) is 1. The van der Waals surface area contributed by atoms with Crippen molar-refractivity contribution in [3.8, 4) is 5.75 Å². The van der Waals surface area contributed by atoms with Crippen molar-refractivity contribution < 1.29 is 17.9 Å². The first-order valence-corrected chi connectivity index (χ1v) is 11.0. The lowest BCUT2D eigenvalue weighted by molar-refractivity contribution is -0.124. The molecule has 0 radical (unpaired) electrons. The van der Waals surface area contributed by atoms with Gasteiger partial charge in [-0.25, -0.2) is 8.42 Å². The van der Waals surface area contributed by atoms with Crippen LogP contribution in [0.3, 0.4) is 0 Å². The molecule has 1 heterocycles. The zero-order chi connectivity index (χ0) is 21.7. The predicted octanol–water partition coefficient (Wildman–Crippen LogP) is 4.39. The standard InChI is InChI=1S/C22H28N2O4S/c1-12-13(2)15(4)20(16(5)14(12)3)29(26,27)24-17-8-9-19-18(10-17)23-21(25)22(6,7)11-28-19/h8-10,24H,11H2,1-7H3,(H,23,25). The van der Waals surface area contributed by atoms with Gasteiger partial charge in [0.15, 0.2) is 0 Å². The van der Waals surface area contributed by atoms with Gasteiger partial charge in [0.2, 0.25) is 5.91 Å². The monoisotopic (exact) mass is 416 g/mol. The van der Waals surface area contributed by atoms with Gasteiger partial charge in [0, 0.05) is 0 Å². The first-order chi connectivity index (χ1) is 13.3. The number of rotatable bonds is 3. The van der Waals surface area contributed by atoms with Gasteiger partial charge in [-0.2, -0.15) is 0 Å². The van der Waals surface area contributed by atoms with E-state index in [-0.39, 0.29) is 12.5 Å². The van der Waals surface area contributed by atoms with E-state index < -0.39 is 15.4 Å². The molecule has 0 unspecified atom stereocenters. The van der Waals surface area contributed by atoms with E-state index in [1.807, 2.05) is 34.6 Å². The Morgan fingerprint density at radius 3 is 2.10 bits per heavy atom. The van der Waals surface area contributed by atoms with Crippen LogP contribution in [-0.4, -0.2) is 20.9 Å². The Morgan fingerprint density at radius 1 is 0.966 bits per heavy atom. The molecule has 3 rings (SSSR count). The molecule has 1 aliphatic rings. The van der Waals surface area contributed by atoms with Crippen molar-refractivity contribution in [3.63, 3.8) is 0 Å². The normalized spacial score (nSPS) is 15.8. The lowest BCUT2D eigenvalue weighted by Gasteiger charge is -2.19. The number of carbonyl (C=O) groups excluding carboxylic acids is 1. The second kappa shape index (κ2) is 7.06. The molecule has 1 aliphatic heterocycles. The largest absolute Gasteiger partial charge is 0.490 e. The lowest BCUT2D eigenvalue weighted by atomic mass is 9.94. The fourth-order valence-electron chi connectivity index (χ4n) is 3.51. The van der Waals surface area contributed by atoms with Gasteiger partial charge in [-0.05, 0) is 94.5 Å². The molecule has 2 aromatic carbocycles. The summed E-state index contributed by atoms with van der Waals surface area (Å²) in [6.45, 7) is 13.4. The summed E-state index contributed by atoms with van der Waals surface area (Å²) in [5.74, 6) is 0.342. The molecular formula is C22H28N2O4S. The molecule has 29 heavy (non-hydrogen) atoms. The molecule has 0 bridgehead atoms. The molecule has 0 fully saturated rings. The number of carbonyl (C=O) groups is 1. The molecule has 0 spiro atoms. The highest BCUT2D eigenvalue weighted by Gasteiger charge is 2.32. The predicted molar refractivity (Wildman–Crippen MR) is 115 cm³/mol. The smallest absolute Gasteiger partial charge is 0.262 e.